The lowest BCUT2D eigenvalue weighted by Gasteiger charge is -2.18. The molecule has 0 spiro atoms. The average Bonchev–Trinajstić information content (AvgIpc) is 2.73. The van der Waals surface area contributed by atoms with Crippen LogP contribution in [-0.2, 0) is 13.2 Å². The minimum atomic E-state index is -0.940. The highest BCUT2D eigenvalue weighted by Gasteiger charge is 2.13. The number of carbonyl (C=O) groups is 1. The topological polar surface area (TPSA) is 67.8 Å². The van der Waals surface area contributed by atoms with Crippen molar-refractivity contribution in [3.63, 3.8) is 0 Å². The predicted molar refractivity (Wildman–Crippen MR) is 119 cm³/mol. The molecule has 0 radical (unpaired) electrons. The van der Waals surface area contributed by atoms with E-state index in [9.17, 15) is 4.79 Å². The summed E-state index contributed by atoms with van der Waals surface area (Å²) in [4.78, 5) is 11.1. The van der Waals surface area contributed by atoms with Gasteiger partial charge >= 0.3 is 5.97 Å². The van der Waals surface area contributed by atoms with Gasteiger partial charge in [-0.1, -0.05) is 41.9 Å². The van der Waals surface area contributed by atoms with Crippen molar-refractivity contribution in [2.75, 3.05) is 11.9 Å². The zero-order chi connectivity index (χ0) is 21.5. The quantitative estimate of drug-likeness (QED) is 0.444. The Morgan fingerprint density at radius 3 is 2.50 bits per heavy atom. The number of aromatic carboxylic acids is 1. The first-order valence-electron chi connectivity index (χ1n) is 9.68. The van der Waals surface area contributed by atoms with Gasteiger partial charge in [-0.15, -0.1) is 0 Å². The smallest absolute Gasteiger partial charge is 0.335 e. The third kappa shape index (κ3) is 5.24. The van der Waals surface area contributed by atoms with Crippen molar-refractivity contribution in [1.82, 2.24) is 0 Å². The summed E-state index contributed by atoms with van der Waals surface area (Å²) in [5, 5.41) is 13.2. The van der Waals surface area contributed by atoms with Gasteiger partial charge in [0, 0.05) is 28.4 Å². The predicted octanol–water partition coefficient (Wildman–Crippen LogP) is 5.94. The van der Waals surface area contributed by atoms with Gasteiger partial charge in [-0.05, 0) is 49.7 Å². The zero-order valence-corrected chi connectivity index (χ0v) is 17.7. The van der Waals surface area contributed by atoms with Crippen LogP contribution in [0.1, 0.15) is 34.0 Å². The van der Waals surface area contributed by atoms with Crippen molar-refractivity contribution in [2.45, 2.75) is 27.0 Å². The van der Waals surface area contributed by atoms with Crippen LogP contribution in [0.3, 0.4) is 0 Å². The summed E-state index contributed by atoms with van der Waals surface area (Å²) >= 11 is 6.26. The number of aryl methyl sites for hydroxylation is 1. The molecular weight excluding hydrogens is 402 g/mol. The summed E-state index contributed by atoms with van der Waals surface area (Å²) in [5.74, 6) is 0.387. The van der Waals surface area contributed by atoms with Crippen molar-refractivity contribution < 1.29 is 19.4 Å². The van der Waals surface area contributed by atoms with E-state index in [1.165, 1.54) is 0 Å². The molecule has 0 saturated heterocycles. The van der Waals surface area contributed by atoms with E-state index in [-0.39, 0.29) is 5.56 Å². The lowest BCUT2D eigenvalue weighted by Crippen LogP contribution is -2.07. The molecule has 5 nitrogen and oxygen atoms in total. The highest BCUT2D eigenvalue weighted by atomic mass is 35.5. The van der Waals surface area contributed by atoms with E-state index in [1.807, 2.05) is 56.3 Å². The number of hydrogen-bond donors (Lipinski definition) is 2. The Morgan fingerprint density at radius 1 is 1.03 bits per heavy atom. The normalized spacial score (nSPS) is 10.5. The van der Waals surface area contributed by atoms with Crippen LogP contribution in [-0.4, -0.2) is 17.7 Å². The highest BCUT2D eigenvalue weighted by molar-refractivity contribution is 6.31. The minimum absolute atomic E-state index is 0.264. The number of rotatable bonds is 9. The molecule has 156 valence electrons. The fourth-order valence-corrected chi connectivity index (χ4v) is 3.27. The summed E-state index contributed by atoms with van der Waals surface area (Å²) in [6.07, 6.45) is 0. The number of carboxylic acid groups (broad SMARTS) is 1. The Bertz CT molecular complexity index is 1040. The van der Waals surface area contributed by atoms with E-state index in [0.29, 0.717) is 36.3 Å². The molecule has 2 N–H and O–H groups in total. The van der Waals surface area contributed by atoms with Gasteiger partial charge in [0.1, 0.15) is 6.61 Å². The number of carboxylic acids is 1. The average molecular weight is 426 g/mol. The molecule has 0 aliphatic heterocycles. The molecule has 0 heterocycles. The van der Waals surface area contributed by atoms with Crippen LogP contribution in [0.25, 0.3) is 0 Å². The third-order valence-corrected chi connectivity index (χ3v) is 5.00. The molecule has 0 unspecified atom stereocenters. The van der Waals surface area contributed by atoms with Gasteiger partial charge in [0.2, 0.25) is 0 Å². The van der Waals surface area contributed by atoms with E-state index in [0.717, 1.165) is 22.4 Å². The van der Waals surface area contributed by atoms with E-state index in [1.54, 1.807) is 18.2 Å². The molecule has 0 aliphatic carbocycles. The number of halogens is 1. The summed E-state index contributed by atoms with van der Waals surface area (Å²) in [5.41, 5.74) is 3.80. The van der Waals surface area contributed by atoms with Gasteiger partial charge in [0.25, 0.3) is 0 Å². The SMILES string of the molecule is CCOc1cccc(CNc2ccc(C(=O)O)cc2C)c1OCc1ccccc1Cl. The Balaban J connectivity index is 1.81. The molecule has 3 rings (SSSR count). The summed E-state index contributed by atoms with van der Waals surface area (Å²) in [6.45, 7) is 5.14. The zero-order valence-electron chi connectivity index (χ0n) is 16.9. The van der Waals surface area contributed by atoms with E-state index < -0.39 is 5.97 Å². The maximum Gasteiger partial charge on any atom is 0.335 e. The molecule has 0 fully saturated rings. The maximum absolute atomic E-state index is 11.1. The van der Waals surface area contributed by atoms with Gasteiger partial charge in [-0.25, -0.2) is 4.79 Å². The van der Waals surface area contributed by atoms with Crippen molar-refractivity contribution in [3.8, 4) is 11.5 Å². The number of para-hydroxylation sites is 1. The molecule has 3 aromatic carbocycles. The van der Waals surface area contributed by atoms with Crippen LogP contribution in [0, 0.1) is 6.92 Å². The van der Waals surface area contributed by atoms with Crippen LogP contribution >= 0.6 is 11.6 Å². The fraction of sp³-hybridized carbons (Fsp3) is 0.208. The lowest BCUT2D eigenvalue weighted by molar-refractivity contribution is 0.0697. The highest BCUT2D eigenvalue weighted by Crippen LogP contribution is 2.33. The minimum Gasteiger partial charge on any atom is -0.490 e. The molecule has 0 bridgehead atoms. The molecular formula is C24H24ClNO4. The molecule has 0 saturated carbocycles. The largest absolute Gasteiger partial charge is 0.490 e. The summed E-state index contributed by atoms with van der Waals surface area (Å²) < 4.78 is 11.9. The third-order valence-electron chi connectivity index (χ3n) is 4.63. The second kappa shape index (κ2) is 10.0. The van der Waals surface area contributed by atoms with Gasteiger partial charge in [0.05, 0.1) is 12.2 Å². The Morgan fingerprint density at radius 2 is 1.80 bits per heavy atom. The maximum atomic E-state index is 11.1. The first-order chi connectivity index (χ1) is 14.5. The number of anilines is 1. The Labute approximate surface area is 181 Å². The second-order valence-corrected chi connectivity index (χ2v) is 7.15. The number of benzene rings is 3. The second-order valence-electron chi connectivity index (χ2n) is 6.75. The van der Waals surface area contributed by atoms with Crippen molar-refractivity contribution >= 4 is 23.3 Å². The van der Waals surface area contributed by atoms with E-state index in [4.69, 9.17) is 26.2 Å². The molecule has 30 heavy (non-hydrogen) atoms. The first-order valence-corrected chi connectivity index (χ1v) is 10.1. The van der Waals surface area contributed by atoms with Crippen molar-refractivity contribution in [1.29, 1.82) is 0 Å². The Hall–Kier alpha value is -3.18. The number of ether oxygens (including phenoxy) is 2. The van der Waals surface area contributed by atoms with Gasteiger partial charge in [-0.2, -0.15) is 0 Å². The van der Waals surface area contributed by atoms with Crippen LogP contribution in [0.2, 0.25) is 5.02 Å². The number of nitrogens with one attached hydrogen (secondary N) is 1. The standard InChI is InChI=1S/C24H24ClNO4/c1-3-29-22-10-6-8-18(23(22)30-15-19-7-4-5-9-20(19)25)14-26-21-12-11-17(24(27)28)13-16(21)2/h4-13,26H,3,14-15H2,1-2H3,(H,27,28). The van der Waals surface area contributed by atoms with E-state index >= 15 is 0 Å². The van der Waals surface area contributed by atoms with Gasteiger partial charge < -0.3 is 19.9 Å². The van der Waals surface area contributed by atoms with Gasteiger partial charge in [-0.3, -0.25) is 0 Å². The molecule has 3 aromatic rings. The Kier molecular flexibility index (Phi) is 7.20. The van der Waals surface area contributed by atoms with Gasteiger partial charge in [0.15, 0.2) is 11.5 Å². The fourth-order valence-electron chi connectivity index (χ4n) is 3.08. The van der Waals surface area contributed by atoms with Crippen LogP contribution in [0.4, 0.5) is 5.69 Å². The summed E-state index contributed by atoms with van der Waals surface area (Å²) in [7, 11) is 0. The van der Waals surface area contributed by atoms with Crippen LogP contribution < -0.4 is 14.8 Å². The lowest BCUT2D eigenvalue weighted by atomic mass is 10.1. The molecule has 0 aliphatic rings. The molecule has 6 heteroatoms. The molecule has 0 amide bonds. The molecule has 0 atom stereocenters. The summed E-state index contributed by atoms with van der Waals surface area (Å²) in [6, 6.07) is 18.3. The number of hydrogen-bond acceptors (Lipinski definition) is 4. The monoisotopic (exact) mass is 425 g/mol. The van der Waals surface area contributed by atoms with Crippen molar-refractivity contribution in [3.05, 3.63) is 87.9 Å². The van der Waals surface area contributed by atoms with E-state index in [2.05, 4.69) is 5.32 Å². The first kappa shape index (κ1) is 21.5. The van der Waals surface area contributed by atoms with Crippen molar-refractivity contribution in [2.24, 2.45) is 0 Å². The van der Waals surface area contributed by atoms with Crippen LogP contribution in [0.15, 0.2) is 60.7 Å². The van der Waals surface area contributed by atoms with Crippen LogP contribution in [0.5, 0.6) is 11.5 Å². The molecule has 0 aromatic heterocycles.